The highest BCUT2D eigenvalue weighted by Crippen LogP contribution is 2.14. The largest absolute Gasteiger partial charge is 0.301 e. The number of aromatic amines is 1. The molecule has 0 saturated heterocycles. The maximum Gasteiger partial charge on any atom is 0.205 e. The van der Waals surface area contributed by atoms with E-state index in [1.807, 2.05) is 0 Å². The van der Waals surface area contributed by atoms with Crippen LogP contribution in [-0.4, -0.2) is 23.9 Å². The summed E-state index contributed by atoms with van der Waals surface area (Å²) in [5, 5.41) is 6.98. The fourth-order valence-electron chi connectivity index (χ4n) is 0.960. The van der Waals surface area contributed by atoms with Crippen LogP contribution in [0.15, 0.2) is 23.4 Å². The van der Waals surface area contributed by atoms with Crippen molar-refractivity contribution in [3.63, 3.8) is 0 Å². The molecule has 2 N–H and O–H groups in total. The first-order valence-electron chi connectivity index (χ1n) is 3.19. The molecular weight excluding hydrogens is 178 g/mol. The zero-order valence-corrected chi connectivity index (χ0v) is 6.71. The van der Waals surface area contributed by atoms with E-state index in [-0.39, 0.29) is 5.03 Å². The van der Waals surface area contributed by atoms with E-state index in [1.165, 1.54) is 0 Å². The Bertz CT molecular complexity index is 439. The van der Waals surface area contributed by atoms with Gasteiger partial charge in [-0.1, -0.05) is 0 Å². The monoisotopic (exact) mass is 183 g/mol. The van der Waals surface area contributed by atoms with Gasteiger partial charge >= 0.3 is 0 Å². The lowest BCUT2D eigenvalue weighted by molar-refractivity contribution is 0.561. The summed E-state index contributed by atoms with van der Waals surface area (Å²) in [6, 6.07) is 3.38. The molecule has 2 rings (SSSR count). The highest BCUT2D eigenvalue weighted by atomic mass is 32.2. The van der Waals surface area contributed by atoms with E-state index >= 15 is 0 Å². The molecule has 1 unspecified atom stereocenters. The number of hydrogen-bond acceptors (Lipinski definition) is 3. The average Bonchev–Trinajstić information content (AvgIpc) is 2.47. The minimum atomic E-state index is -2.03. The van der Waals surface area contributed by atoms with Gasteiger partial charge in [0.15, 0.2) is 10.7 Å². The normalized spacial score (nSPS) is 13.4. The molecule has 0 saturated carbocycles. The van der Waals surface area contributed by atoms with Crippen molar-refractivity contribution in [2.45, 2.75) is 5.03 Å². The van der Waals surface area contributed by atoms with Crippen LogP contribution in [0.4, 0.5) is 0 Å². The summed E-state index contributed by atoms with van der Waals surface area (Å²) in [5.41, 5.74) is 0.454. The third-order valence-corrected chi connectivity index (χ3v) is 2.13. The highest BCUT2D eigenvalue weighted by Gasteiger charge is 2.09. The molecule has 5 nitrogen and oxygen atoms in total. The Labute approximate surface area is 70.1 Å². The maximum atomic E-state index is 10.7. The third-order valence-electron chi connectivity index (χ3n) is 1.47. The molecule has 0 radical (unpaired) electrons. The van der Waals surface area contributed by atoms with E-state index in [9.17, 15) is 4.21 Å². The van der Waals surface area contributed by atoms with Gasteiger partial charge in [-0.05, 0) is 12.1 Å². The SMILES string of the molecule is O=S(O)c1[nH]nc2ncccc12. The summed E-state index contributed by atoms with van der Waals surface area (Å²) in [7, 11) is 0. The molecule has 0 amide bonds. The van der Waals surface area contributed by atoms with Crippen LogP contribution in [0.3, 0.4) is 0 Å². The zero-order valence-electron chi connectivity index (χ0n) is 5.89. The molecule has 6 heteroatoms. The van der Waals surface area contributed by atoms with Gasteiger partial charge in [0.05, 0.1) is 5.39 Å². The summed E-state index contributed by atoms with van der Waals surface area (Å²) in [4.78, 5) is 3.90. The predicted octanol–water partition coefficient (Wildman–Crippen LogP) is 0.538. The number of aromatic nitrogens is 3. The van der Waals surface area contributed by atoms with Crippen molar-refractivity contribution >= 4 is 22.1 Å². The van der Waals surface area contributed by atoms with Gasteiger partial charge in [-0.3, -0.25) is 5.10 Å². The molecule has 0 fully saturated rings. The minimum absolute atomic E-state index is 0.193. The molecule has 0 bridgehead atoms. The Balaban J connectivity index is 2.79. The van der Waals surface area contributed by atoms with E-state index in [0.29, 0.717) is 11.0 Å². The standard InChI is InChI=1S/C6H5N3O2S/c10-12(11)6-4-2-1-3-7-5(4)8-9-6/h1-3H,(H,10,11)(H,7,8,9). The number of nitrogens with one attached hydrogen (secondary N) is 1. The molecule has 1 atom stereocenters. The lowest BCUT2D eigenvalue weighted by Crippen LogP contribution is -1.88. The van der Waals surface area contributed by atoms with Crippen molar-refractivity contribution in [2.75, 3.05) is 0 Å². The first kappa shape index (κ1) is 7.38. The molecule has 0 aliphatic carbocycles. The van der Waals surface area contributed by atoms with Crippen LogP contribution in [-0.2, 0) is 11.1 Å². The maximum absolute atomic E-state index is 10.7. The van der Waals surface area contributed by atoms with Gasteiger partial charge in [0.1, 0.15) is 0 Å². The van der Waals surface area contributed by atoms with Crippen LogP contribution in [0, 0.1) is 0 Å². The Kier molecular flexibility index (Phi) is 1.63. The summed E-state index contributed by atoms with van der Waals surface area (Å²) >= 11 is -2.03. The van der Waals surface area contributed by atoms with E-state index in [4.69, 9.17) is 4.55 Å². The number of nitrogens with zero attached hydrogens (tertiary/aromatic N) is 2. The highest BCUT2D eigenvalue weighted by molar-refractivity contribution is 7.79. The van der Waals surface area contributed by atoms with Crippen LogP contribution in [0.25, 0.3) is 11.0 Å². The average molecular weight is 183 g/mol. The molecule has 0 aliphatic heterocycles. The first-order valence-corrected chi connectivity index (χ1v) is 4.29. The molecule has 0 aliphatic rings. The number of fused-ring (bicyclic) bond motifs is 1. The predicted molar refractivity (Wildman–Crippen MR) is 42.9 cm³/mol. The molecule has 2 heterocycles. The number of hydrogen-bond donors (Lipinski definition) is 2. The van der Waals surface area contributed by atoms with Crippen LogP contribution < -0.4 is 0 Å². The van der Waals surface area contributed by atoms with E-state index in [1.54, 1.807) is 18.3 Å². The Morgan fingerprint density at radius 2 is 2.42 bits per heavy atom. The number of H-pyrrole nitrogens is 1. The summed E-state index contributed by atoms with van der Waals surface area (Å²) in [6.07, 6.45) is 1.58. The second kappa shape index (κ2) is 2.65. The Hall–Kier alpha value is -1.27. The van der Waals surface area contributed by atoms with Crippen molar-refractivity contribution in [3.8, 4) is 0 Å². The summed E-state index contributed by atoms with van der Waals surface area (Å²) in [5.74, 6) is 0. The van der Waals surface area contributed by atoms with Crippen LogP contribution >= 0.6 is 0 Å². The number of rotatable bonds is 1. The van der Waals surface area contributed by atoms with Gasteiger partial charge in [-0.15, -0.1) is 0 Å². The topological polar surface area (TPSA) is 78.9 Å². The van der Waals surface area contributed by atoms with Gasteiger partial charge in [0.25, 0.3) is 0 Å². The molecule has 2 aromatic heterocycles. The second-order valence-corrected chi connectivity index (χ2v) is 3.08. The molecule has 2 aromatic rings. The molecule has 62 valence electrons. The fourth-order valence-corrected chi connectivity index (χ4v) is 1.43. The molecule has 0 aromatic carbocycles. The van der Waals surface area contributed by atoms with Crippen molar-refractivity contribution in [2.24, 2.45) is 0 Å². The molecular formula is C6H5N3O2S. The fraction of sp³-hybridized carbons (Fsp3) is 0. The molecule has 0 spiro atoms. The van der Waals surface area contributed by atoms with Crippen LogP contribution in [0.1, 0.15) is 0 Å². The van der Waals surface area contributed by atoms with Gasteiger partial charge in [0, 0.05) is 6.20 Å². The lowest BCUT2D eigenvalue weighted by Gasteiger charge is -1.87. The summed E-state index contributed by atoms with van der Waals surface area (Å²) < 4.78 is 19.5. The van der Waals surface area contributed by atoms with Gasteiger partial charge < -0.3 is 4.55 Å². The van der Waals surface area contributed by atoms with E-state index in [0.717, 1.165) is 0 Å². The Morgan fingerprint density at radius 3 is 3.17 bits per heavy atom. The lowest BCUT2D eigenvalue weighted by atomic mass is 10.4. The van der Waals surface area contributed by atoms with Gasteiger partial charge in [-0.2, -0.15) is 5.10 Å². The first-order chi connectivity index (χ1) is 5.79. The van der Waals surface area contributed by atoms with Crippen molar-refractivity contribution < 1.29 is 8.76 Å². The van der Waals surface area contributed by atoms with Gasteiger partial charge in [0.2, 0.25) is 11.1 Å². The smallest absolute Gasteiger partial charge is 0.205 e. The van der Waals surface area contributed by atoms with E-state index < -0.39 is 11.1 Å². The second-order valence-electron chi connectivity index (χ2n) is 2.18. The Morgan fingerprint density at radius 1 is 1.58 bits per heavy atom. The minimum Gasteiger partial charge on any atom is -0.301 e. The molecule has 12 heavy (non-hydrogen) atoms. The third kappa shape index (κ3) is 1.01. The van der Waals surface area contributed by atoms with E-state index in [2.05, 4.69) is 15.2 Å². The van der Waals surface area contributed by atoms with Gasteiger partial charge in [-0.25, -0.2) is 9.19 Å². The quantitative estimate of drug-likeness (QED) is 0.632. The van der Waals surface area contributed by atoms with Crippen molar-refractivity contribution in [1.82, 2.24) is 15.2 Å². The van der Waals surface area contributed by atoms with Crippen molar-refractivity contribution in [1.29, 1.82) is 0 Å². The van der Waals surface area contributed by atoms with Crippen LogP contribution in [0.5, 0.6) is 0 Å². The van der Waals surface area contributed by atoms with Crippen LogP contribution in [0.2, 0.25) is 0 Å². The number of pyridine rings is 1. The zero-order chi connectivity index (χ0) is 8.55. The van der Waals surface area contributed by atoms with Crippen molar-refractivity contribution in [3.05, 3.63) is 18.3 Å². The summed E-state index contributed by atoms with van der Waals surface area (Å²) in [6.45, 7) is 0.